The first-order chi connectivity index (χ1) is 15.8. The Morgan fingerprint density at radius 2 is 1.73 bits per heavy atom. The molecule has 1 N–H and O–H groups in total. The fourth-order valence-electron chi connectivity index (χ4n) is 4.11. The molecule has 0 spiro atoms. The third kappa shape index (κ3) is 5.65. The van der Waals surface area contributed by atoms with Crippen molar-refractivity contribution in [2.45, 2.75) is 38.4 Å². The second-order valence-corrected chi connectivity index (χ2v) is 8.17. The van der Waals surface area contributed by atoms with Crippen LogP contribution in [0.1, 0.15) is 39.9 Å². The van der Waals surface area contributed by atoms with E-state index in [4.69, 9.17) is 9.47 Å². The normalized spacial score (nSPS) is 15.0. The lowest BCUT2D eigenvalue weighted by atomic mass is 9.97. The maximum absolute atomic E-state index is 13.2. The van der Waals surface area contributed by atoms with Gasteiger partial charge in [0.15, 0.2) is 17.3 Å². The van der Waals surface area contributed by atoms with Gasteiger partial charge in [-0.3, -0.25) is 9.59 Å². The predicted molar refractivity (Wildman–Crippen MR) is 114 cm³/mol. The number of alkyl halides is 3. The minimum Gasteiger partial charge on any atom is -0.454 e. The van der Waals surface area contributed by atoms with E-state index in [-0.39, 0.29) is 38.5 Å². The van der Waals surface area contributed by atoms with Gasteiger partial charge in [-0.2, -0.15) is 13.2 Å². The molecular formula is C24H25F3N2O4. The molecule has 0 radical (unpaired) electrons. The first kappa shape index (κ1) is 23.1. The lowest BCUT2D eigenvalue weighted by Crippen LogP contribution is -2.41. The summed E-state index contributed by atoms with van der Waals surface area (Å²) >= 11 is 0. The monoisotopic (exact) mass is 462 g/mol. The van der Waals surface area contributed by atoms with Crippen molar-refractivity contribution in [3.8, 4) is 11.5 Å². The van der Waals surface area contributed by atoms with Crippen LogP contribution >= 0.6 is 0 Å². The molecule has 4 rings (SSSR count). The van der Waals surface area contributed by atoms with Gasteiger partial charge in [0.25, 0.3) is 0 Å². The first-order valence-corrected chi connectivity index (χ1v) is 10.9. The summed E-state index contributed by atoms with van der Waals surface area (Å²) in [6, 6.07) is 10.4. The summed E-state index contributed by atoms with van der Waals surface area (Å²) in [6.45, 7) is 1.36. The molecule has 0 atom stereocenters. The average Bonchev–Trinajstić information content (AvgIpc) is 3.12. The SMILES string of the molecule is O=C(CCCN(Cc1ccc2c(c1)OCO2)C(=O)C(F)(F)F)c1ccc2c(c1)CCNCC2. The molecule has 0 aromatic heterocycles. The Morgan fingerprint density at radius 1 is 0.970 bits per heavy atom. The summed E-state index contributed by atoms with van der Waals surface area (Å²) in [5.41, 5.74) is 3.38. The Hall–Kier alpha value is -3.07. The standard InChI is InChI=1S/C24H25F3N2O4/c25-24(26,27)23(31)29(14-16-3-6-21-22(12-16)33-15-32-21)11-1-2-20(30)19-5-4-17-7-9-28-10-8-18(17)13-19/h3-6,12-13,28H,1-2,7-11,14-15H2. The molecule has 2 aromatic rings. The Balaban J connectivity index is 1.40. The number of benzene rings is 2. The zero-order valence-electron chi connectivity index (χ0n) is 18.0. The van der Waals surface area contributed by atoms with E-state index in [1.165, 1.54) is 5.56 Å². The third-order valence-electron chi connectivity index (χ3n) is 5.84. The molecule has 1 amide bonds. The zero-order chi connectivity index (χ0) is 23.4. The lowest BCUT2D eigenvalue weighted by Gasteiger charge is -2.24. The topological polar surface area (TPSA) is 67.9 Å². The highest BCUT2D eigenvalue weighted by Crippen LogP contribution is 2.33. The highest BCUT2D eigenvalue weighted by atomic mass is 19.4. The summed E-state index contributed by atoms with van der Waals surface area (Å²) in [5.74, 6) is -1.13. The van der Waals surface area contributed by atoms with Gasteiger partial charge in [-0.25, -0.2) is 0 Å². The van der Waals surface area contributed by atoms with Gasteiger partial charge >= 0.3 is 12.1 Å². The summed E-state index contributed by atoms with van der Waals surface area (Å²) in [6.07, 6.45) is -3.08. The van der Waals surface area contributed by atoms with Crippen LogP contribution in [0.3, 0.4) is 0 Å². The number of Topliss-reactive ketones (excluding diaryl/α,β-unsaturated/α-hetero) is 1. The molecule has 0 saturated heterocycles. The van der Waals surface area contributed by atoms with Crippen LogP contribution < -0.4 is 14.8 Å². The van der Waals surface area contributed by atoms with Crippen molar-refractivity contribution in [3.63, 3.8) is 0 Å². The fraction of sp³-hybridized carbons (Fsp3) is 0.417. The largest absolute Gasteiger partial charge is 0.471 e. The highest BCUT2D eigenvalue weighted by molar-refractivity contribution is 5.96. The number of nitrogens with zero attached hydrogens (tertiary/aromatic N) is 1. The minimum absolute atomic E-state index is 0.0469. The van der Waals surface area contributed by atoms with E-state index in [0.717, 1.165) is 36.4 Å². The molecule has 9 heteroatoms. The van der Waals surface area contributed by atoms with Crippen LogP contribution in [0.2, 0.25) is 0 Å². The molecule has 0 aliphatic carbocycles. The smallest absolute Gasteiger partial charge is 0.454 e. The van der Waals surface area contributed by atoms with Gasteiger partial charge in [0.1, 0.15) is 0 Å². The molecule has 176 valence electrons. The van der Waals surface area contributed by atoms with Crippen LogP contribution in [0, 0.1) is 0 Å². The Bertz CT molecular complexity index is 1040. The van der Waals surface area contributed by atoms with Crippen molar-refractivity contribution in [1.29, 1.82) is 0 Å². The Morgan fingerprint density at radius 3 is 2.52 bits per heavy atom. The van der Waals surface area contributed by atoms with E-state index in [0.29, 0.717) is 22.6 Å². The van der Waals surface area contributed by atoms with Crippen molar-refractivity contribution >= 4 is 11.7 Å². The molecule has 0 saturated carbocycles. The van der Waals surface area contributed by atoms with Crippen molar-refractivity contribution in [2.75, 3.05) is 26.4 Å². The molecular weight excluding hydrogens is 437 g/mol. The predicted octanol–water partition coefficient (Wildman–Crippen LogP) is 3.66. The van der Waals surface area contributed by atoms with Crippen molar-refractivity contribution in [2.24, 2.45) is 0 Å². The fourth-order valence-corrected chi connectivity index (χ4v) is 4.11. The Labute approximate surface area is 189 Å². The number of hydrogen-bond acceptors (Lipinski definition) is 5. The molecule has 0 unspecified atom stereocenters. The van der Waals surface area contributed by atoms with E-state index in [1.54, 1.807) is 24.3 Å². The number of carbonyl (C=O) groups is 2. The second kappa shape index (κ2) is 9.82. The lowest BCUT2D eigenvalue weighted by molar-refractivity contribution is -0.186. The number of rotatable bonds is 7. The van der Waals surface area contributed by atoms with E-state index in [2.05, 4.69) is 5.32 Å². The molecule has 33 heavy (non-hydrogen) atoms. The number of amides is 1. The van der Waals surface area contributed by atoms with Crippen molar-refractivity contribution < 1.29 is 32.2 Å². The molecule has 6 nitrogen and oxygen atoms in total. The third-order valence-corrected chi connectivity index (χ3v) is 5.84. The maximum Gasteiger partial charge on any atom is 0.471 e. The zero-order valence-corrected chi connectivity index (χ0v) is 18.0. The van der Waals surface area contributed by atoms with Gasteiger partial charge in [-0.05, 0) is 67.2 Å². The summed E-state index contributed by atoms with van der Waals surface area (Å²) in [7, 11) is 0. The van der Waals surface area contributed by atoms with Gasteiger partial charge < -0.3 is 19.7 Å². The quantitative estimate of drug-likeness (QED) is 0.637. The van der Waals surface area contributed by atoms with Gasteiger partial charge in [-0.15, -0.1) is 0 Å². The molecule has 2 heterocycles. The number of nitrogens with one attached hydrogen (secondary N) is 1. The van der Waals surface area contributed by atoms with Gasteiger partial charge in [0.2, 0.25) is 6.79 Å². The van der Waals surface area contributed by atoms with Crippen molar-refractivity contribution in [1.82, 2.24) is 10.2 Å². The van der Waals surface area contributed by atoms with Crippen molar-refractivity contribution in [3.05, 3.63) is 58.7 Å². The van der Waals surface area contributed by atoms with E-state index < -0.39 is 12.1 Å². The van der Waals surface area contributed by atoms with E-state index in [1.807, 2.05) is 12.1 Å². The van der Waals surface area contributed by atoms with Crippen LogP contribution in [0.4, 0.5) is 13.2 Å². The van der Waals surface area contributed by atoms with Crippen LogP contribution in [0.5, 0.6) is 11.5 Å². The van der Waals surface area contributed by atoms with Crippen LogP contribution in [0.15, 0.2) is 36.4 Å². The maximum atomic E-state index is 13.2. The summed E-state index contributed by atoms with van der Waals surface area (Å²) < 4.78 is 49.9. The molecule has 2 aromatic carbocycles. The molecule has 2 aliphatic heterocycles. The Kier molecular flexibility index (Phi) is 6.88. The van der Waals surface area contributed by atoms with Crippen LogP contribution in [-0.2, 0) is 24.2 Å². The van der Waals surface area contributed by atoms with Crippen LogP contribution in [0.25, 0.3) is 0 Å². The first-order valence-electron chi connectivity index (χ1n) is 10.9. The van der Waals surface area contributed by atoms with Crippen LogP contribution in [-0.4, -0.2) is 49.2 Å². The highest BCUT2D eigenvalue weighted by Gasteiger charge is 2.42. The number of fused-ring (bicyclic) bond motifs is 2. The van der Waals surface area contributed by atoms with E-state index in [9.17, 15) is 22.8 Å². The van der Waals surface area contributed by atoms with Gasteiger partial charge in [-0.1, -0.05) is 18.2 Å². The van der Waals surface area contributed by atoms with Gasteiger partial charge in [0.05, 0.1) is 0 Å². The van der Waals surface area contributed by atoms with Gasteiger partial charge in [0, 0.05) is 25.1 Å². The molecule has 2 aliphatic rings. The summed E-state index contributed by atoms with van der Waals surface area (Å²) in [4.78, 5) is 25.4. The second-order valence-electron chi connectivity index (χ2n) is 8.17. The number of carbonyl (C=O) groups excluding carboxylic acids is 2. The average molecular weight is 462 g/mol. The minimum atomic E-state index is -4.99. The number of halogens is 3. The summed E-state index contributed by atoms with van der Waals surface area (Å²) in [5, 5.41) is 3.32. The number of ketones is 1. The molecule has 0 fully saturated rings. The number of hydrogen-bond donors (Lipinski definition) is 1. The number of ether oxygens (including phenoxy) is 2. The van der Waals surface area contributed by atoms with E-state index >= 15 is 0 Å². The molecule has 0 bridgehead atoms.